The van der Waals surface area contributed by atoms with Gasteiger partial charge >= 0.3 is 0 Å². The first kappa shape index (κ1) is 15.8. The van der Waals surface area contributed by atoms with Crippen molar-refractivity contribution in [3.63, 3.8) is 0 Å². The van der Waals surface area contributed by atoms with Gasteiger partial charge in [0.25, 0.3) is 0 Å². The van der Waals surface area contributed by atoms with E-state index in [1.165, 1.54) is 6.33 Å². The number of nitrogens with two attached hydrogens (primary N) is 1. The number of hydrogen-bond donors (Lipinski definition) is 2. The van der Waals surface area contributed by atoms with E-state index in [1.807, 2.05) is 24.3 Å². The van der Waals surface area contributed by atoms with E-state index < -0.39 is 0 Å². The molecule has 0 unspecified atom stereocenters. The van der Waals surface area contributed by atoms with Crippen LogP contribution in [0.1, 0.15) is 6.92 Å². The second kappa shape index (κ2) is 7.02. The van der Waals surface area contributed by atoms with Gasteiger partial charge in [-0.25, -0.2) is 9.97 Å². The average molecular weight is 333 g/mol. The number of likely N-dealkylation sites (N-methyl/N-ethyl adjacent to an activating group) is 1. The topological polar surface area (TPSA) is 70.3 Å². The van der Waals surface area contributed by atoms with E-state index in [9.17, 15) is 0 Å². The quantitative estimate of drug-likeness (QED) is 0.896. The number of anilines is 4. The van der Waals surface area contributed by atoms with E-state index in [-0.39, 0.29) is 0 Å². The van der Waals surface area contributed by atoms with E-state index in [4.69, 9.17) is 17.3 Å². The molecule has 0 radical (unpaired) electrons. The Morgan fingerprint density at radius 3 is 2.61 bits per heavy atom. The number of rotatable bonds is 4. The van der Waals surface area contributed by atoms with Crippen molar-refractivity contribution in [3.8, 4) is 0 Å². The van der Waals surface area contributed by atoms with E-state index >= 15 is 0 Å². The van der Waals surface area contributed by atoms with Gasteiger partial charge in [0.2, 0.25) is 0 Å². The van der Waals surface area contributed by atoms with Crippen molar-refractivity contribution < 1.29 is 0 Å². The first-order valence-electron chi connectivity index (χ1n) is 7.78. The lowest BCUT2D eigenvalue weighted by Crippen LogP contribution is -2.46. The summed E-state index contributed by atoms with van der Waals surface area (Å²) in [5.41, 5.74) is 7.63. The van der Waals surface area contributed by atoms with Gasteiger partial charge in [-0.05, 0) is 18.7 Å². The lowest BCUT2D eigenvalue weighted by molar-refractivity contribution is 0.270. The molecule has 6 nitrogen and oxygen atoms in total. The predicted molar refractivity (Wildman–Crippen MR) is 95.5 cm³/mol. The molecule has 0 atom stereocenters. The molecule has 2 aromatic rings. The van der Waals surface area contributed by atoms with Crippen LogP contribution in [-0.2, 0) is 0 Å². The molecular weight excluding hydrogens is 312 g/mol. The van der Waals surface area contributed by atoms with Crippen molar-refractivity contribution in [1.82, 2.24) is 14.9 Å². The van der Waals surface area contributed by atoms with Crippen LogP contribution in [0.5, 0.6) is 0 Å². The maximum Gasteiger partial charge on any atom is 0.159 e. The van der Waals surface area contributed by atoms with Crippen LogP contribution in [0.15, 0.2) is 30.6 Å². The molecule has 1 aromatic heterocycles. The highest BCUT2D eigenvalue weighted by atomic mass is 35.5. The molecule has 1 saturated heterocycles. The van der Waals surface area contributed by atoms with Gasteiger partial charge in [-0.3, -0.25) is 0 Å². The molecule has 3 N–H and O–H groups in total. The van der Waals surface area contributed by atoms with Crippen LogP contribution < -0.4 is 16.0 Å². The van der Waals surface area contributed by atoms with Gasteiger partial charge in [0.05, 0.1) is 10.7 Å². The highest BCUT2D eigenvalue weighted by Gasteiger charge is 2.20. The highest BCUT2D eigenvalue weighted by Crippen LogP contribution is 2.31. The second-order valence-electron chi connectivity index (χ2n) is 5.49. The molecule has 2 heterocycles. The Labute approximate surface area is 141 Å². The molecule has 0 aliphatic carbocycles. The Hall–Kier alpha value is -2.05. The van der Waals surface area contributed by atoms with E-state index in [0.717, 1.165) is 44.2 Å². The van der Waals surface area contributed by atoms with Crippen LogP contribution in [0.2, 0.25) is 5.02 Å². The van der Waals surface area contributed by atoms with Crippen molar-refractivity contribution >= 4 is 34.6 Å². The molecule has 3 rings (SSSR count). The van der Waals surface area contributed by atoms with Crippen molar-refractivity contribution in [2.75, 3.05) is 48.7 Å². The molecule has 0 amide bonds. The van der Waals surface area contributed by atoms with Gasteiger partial charge in [-0.1, -0.05) is 30.7 Å². The number of nitrogens with zero attached hydrogens (tertiary/aromatic N) is 4. The van der Waals surface area contributed by atoms with Crippen molar-refractivity contribution in [1.29, 1.82) is 0 Å². The minimum absolute atomic E-state index is 0.553. The Balaban J connectivity index is 1.80. The van der Waals surface area contributed by atoms with Crippen LogP contribution in [0.4, 0.5) is 23.0 Å². The summed E-state index contributed by atoms with van der Waals surface area (Å²) in [5.74, 6) is 1.37. The SMILES string of the molecule is CCN1CCN(c2ncnc(Nc3ccccc3Cl)c2N)CC1. The van der Waals surface area contributed by atoms with Crippen molar-refractivity contribution in [3.05, 3.63) is 35.6 Å². The molecule has 1 aliphatic rings. The number of hydrogen-bond acceptors (Lipinski definition) is 6. The molecule has 122 valence electrons. The maximum atomic E-state index is 6.29. The summed E-state index contributed by atoms with van der Waals surface area (Å²) in [6, 6.07) is 7.52. The third kappa shape index (κ3) is 3.48. The normalized spacial score (nSPS) is 15.7. The number of nitrogen functional groups attached to an aromatic ring is 1. The molecule has 1 fully saturated rings. The molecule has 0 bridgehead atoms. The van der Waals surface area contributed by atoms with Gasteiger partial charge in [0.15, 0.2) is 11.6 Å². The van der Waals surface area contributed by atoms with Gasteiger partial charge in [-0.2, -0.15) is 0 Å². The summed E-state index contributed by atoms with van der Waals surface area (Å²) in [6.07, 6.45) is 1.54. The van der Waals surface area contributed by atoms with Crippen molar-refractivity contribution in [2.45, 2.75) is 6.92 Å². The number of nitrogens with one attached hydrogen (secondary N) is 1. The minimum atomic E-state index is 0.553. The Morgan fingerprint density at radius 2 is 1.91 bits per heavy atom. The monoisotopic (exact) mass is 332 g/mol. The summed E-state index contributed by atoms with van der Waals surface area (Å²) >= 11 is 6.18. The summed E-state index contributed by atoms with van der Waals surface area (Å²) in [7, 11) is 0. The van der Waals surface area contributed by atoms with Crippen LogP contribution in [0, 0.1) is 0 Å². The first-order valence-corrected chi connectivity index (χ1v) is 8.16. The van der Waals surface area contributed by atoms with E-state index in [0.29, 0.717) is 16.5 Å². The van der Waals surface area contributed by atoms with Gasteiger partial charge in [0, 0.05) is 26.2 Å². The number of halogens is 1. The molecule has 0 spiro atoms. The Bertz CT molecular complexity index is 669. The zero-order valence-electron chi connectivity index (χ0n) is 13.2. The summed E-state index contributed by atoms with van der Waals surface area (Å²) in [6.45, 7) is 7.13. The highest BCUT2D eigenvalue weighted by molar-refractivity contribution is 6.33. The van der Waals surface area contributed by atoms with Crippen LogP contribution in [0.25, 0.3) is 0 Å². The standard InChI is InChI=1S/C16H21ClN6/c1-2-22-7-9-23(10-8-22)16-14(18)15(19-11-20-16)21-13-6-4-3-5-12(13)17/h3-6,11H,2,7-10,18H2,1H3,(H,19,20,21). The second-order valence-corrected chi connectivity index (χ2v) is 5.89. The fourth-order valence-corrected chi connectivity index (χ4v) is 2.89. The number of aromatic nitrogens is 2. The largest absolute Gasteiger partial charge is 0.393 e. The van der Waals surface area contributed by atoms with Gasteiger partial charge in [-0.15, -0.1) is 0 Å². The minimum Gasteiger partial charge on any atom is -0.393 e. The molecule has 7 heteroatoms. The smallest absolute Gasteiger partial charge is 0.159 e. The maximum absolute atomic E-state index is 6.29. The summed E-state index contributed by atoms with van der Waals surface area (Å²) in [4.78, 5) is 13.3. The lowest BCUT2D eigenvalue weighted by atomic mass is 10.3. The first-order chi connectivity index (χ1) is 11.2. The third-order valence-corrected chi connectivity index (χ3v) is 4.44. The Morgan fingerprint density at radius 1 is 1.17 bits per heavy atom. The van der Waals surface area contributed by atoms with Gasteiger partial charge in [0.1, 0.15) is 12.0 Å². The summed E-state index contributed by atoms with van der Waals surface area (Å²) in [5, 5.41) is 3.82. The fraction of sp³-hybridized carbons (Fsp3) is 0.375. The van der Waals surface area contributed by atoms with E-state index in [1.54, 1.807) is 0 Å². The molecular formula is C16H21ClN6. The Kier molecular flexibility index (Phi) is 4.83. The van der Waals surface area contributed by atoms with Crippen molar-refractivity contribution in [2.24, 2.45) is 0 Å². The zero-order chi connectivity index (χ0) is 16.2. The number of piperazine rings is 1. The van der Waals surface area contributed by atoms with Crippen LogP contribution in [0.3, 0.4) is 0 Å². The molecule has 0 saturated carbocycles. The van der Waals surface area contributed by atoms with Crippen LogP contribution in [-0.4, -0.2) is 47.6 Å². The predicted octanol–water partition coefficient (Wildman–Crippen LogP) is 2.60. The third-order valence-electron chi connectivity index (χ3n) is 4.11. The molecule has 23 heavy (non-hydrogen) atoms. The zero-order valence-corrected chi connectivity index (χ0v) is 13.9. The fourth-order valence-electron chi connectivity index (χ4n) is 2.70. The molecule has 1 aromatic carbocycles. The van der Waals surface area contributed by atoms with Gasteiger partial charge < -0.3 is 20.9 Å². The number of para-hydroxylation sites is 1. The lowest BCUT2D eigenvalue weighted by Gasteiger charge is -2.35. The molecule has 1 aliphatic heterocycles. The van der Waals surface area contributed by atoms with Crippen LogP contribution >= 0.6 is 11.6 Å². The summed E-state index contributed by atoms with van der Waals surface area (Å²) < 4.78 is 0. The number of benzene rings is 1. The average Bonchev–Trinajstić information content (AvgIpc) is 2.59. The van der Waals surface area contributed by atoms with E-state index in [2.05, 4.69) is 32.0 Å².